The predicted octanol–water partition coefficient (Wildman–Crippen LogP) is 4.18. The number of Topliss-reactive ketones (excluding diaryl/α,β-unsaturated/α-hetero) is 1. The largest absolute Gasteiger partial charge is 0.294 e. The summed E-state index contributed by atoms with van der Waals surface area (Å²) in [5, 5.41) is 0. The van der Waals surface area contributed by atoms with Gasteiger partial charge >= 0.3 is 0 Å². The number of benzene rings is 1. The molecule has 0 saturated heterocycles. The van der Waals surface area contributed by atoms with Gasteiger partial charge in [-0.2, -0.15) is 11.8 Å². The van der Waals surface area contributed by atoms with Crippen molar-refractivity contribution >= 4 is 17.5 Å². The molecule has 0 atom stereocenters. The van der Waals surface area contributed by atoms with E-state index in [0.717, 1.165) is 17.7 Å². The monoisotopic (exact) mass is 236 g/mol. The summed E-state index contributed by atoms with van der Waals surface area (Å²) in [5.41, 5.74) is 0.836. The second-order valence-corrected chi connectivity index (χ2v) is 6.78. The van der Waals surface area contributed by atoms with Crippen molar-refractivity contribution < 1.29 is 4.79 Å². The molecular weight excluding hydrogens is 216 g/mol. The van der Waals surface area contributed by atoms with Crippen molar-refractivity contribution in [3.8, 4) is 0 Å². The van der Waals surface area contributed by atoms with Crippen LogP contribution in [0.4, 0.5) is 0 Å². The average Bonchev–Trinajstić information content (AvgIpc) is 2.24. The Morgan fingerprint density at radius 1 is 1.19 bits per heavy atom. The molecule has 1 rings (SSSR count). The molecule has 0 unspecified atom stereocenters. The van der Waals surface area contributed by atoms with Crippen molar-refractivity contribution in [2.24, 2.45) is 0 Å². The van der Waals surface area contributed by atoms with Crippen LogP contribution in [0.1, 0.15) is 44.0 Å². The molecule has 1 aromatic rings. The number of thioether (sulfide) groups is 1. The van der Waals surface area contributed by atoms with E-state index in [4.69, 9.17) is 0 Å². The Balaban J connectivity index is 2.27. The summed E-state index contributed by atoms with van der Waals surface area (Å²) in [6, 6.07) is 9.54. The second kappa shape index (κ2) is 6.09. The van der Waals surface area contributed by atoms with Crippen LogP contribution in [0.25, 0.3) is 0 Å². The molecule has 0 aliphatic carbocycles. The first-order valence-electron chi connectivity index (χ1n) is 5.71. The second-order valence-electron chi connectivity index (χ2n) is 4.85. The van der Waals surface area contributed by atoms with Crippen molar-refractivity contribution in [1.82, 2.24) is 0 Å². The minimum atomic E-state index is 0.259. The Morgan fingerprint density at radius 3 is 2.38 bits per heavy atom. The summed E-state index contributed by atoms with van der Waals surface area (Å²) in [4.78, 5) is 11.8. The lowest BCUT2D eigenvalue weighted by Gasteiger charge is -2.16. The highest BCUT2D eigenvalue weighted by molar-refractivity contribution is 8.00. The normalized spacial score (nSPS) is 11.4. The van der Waals surface area contributed by atoms with Crippen molar-refractivity contribution in [2.75, 3.05) is 5.75 Å². The van der Waals surface area contributed by atoms with Crippen LogP contribution in [0, 0.1) is 0 Å². The minimum absolute atomic E-state index is 0.259. The zero-order valence-corrected chi connectivity index (χ0v) is 11.1. The van der Waals surface area contributed by atoms with Crippen LogP contribution >= 0.6 is 11.8 Å². The molecule has 1 nitrogen and oxygen atoms in total. The Hall–Kier alpha value is -0.760. The molecule has 0 fully saturated rings. The van der Waals surface area contributed by atoms with E-state index in [9.17, 15) is 4.79 Å². The van der Waals surface area contributed by atoms with Crippen LogP contribution < -0.4 is 0 Å². The fraction of sp³-hybridized carbons (Fsp3) is 0.500. The van der Waals surface area contributed by atoms with Gasteiger partial charge in [-0.25, -0.2) is 0 Å². The van der Waals surface area contributed by atoms with Gasteiger partial charge in [0.25, 0.3) is 0 Å². The fourth-order valence-electron chi connectivity index (χ4n) is 1.38. The highest BCUT2D eigenvalue weighted by Gasteiger charge is 2.10. The third-order valence-electron chi connectivity index (χ3n) is 2.18. The van der Waals surface area contributed by atoms with Crippen LogP contribution in [0.15, 0.2) is 30.3 Å². The molecule has 0 aromatic heterocycles. The molecule has 88 valence electrons. The summed E-state index contributed by atoms with van der Waals surface area (Å²) in [7, 11) is 0. The van der Waals surface area contributed by atoms with Gasteiger partial charge in [0.05, 0.1) is 0 Å². The van der Waals surface area contributed by atoms with Gasteiger partial charge < -0.3 is 0 Å². The third kappa shape index (κ3) is 5.36. The molecule has 0 aliphatic rings. The van der Waals surface area contributed by atoms with Crippen LogP contribution in [-0.2, 0) is 0 Å². The SMILES string of the molecule is CC(C)(C)SCCCC(=O)c1ccccc1. The zero-order chi connectivity index (χ0) is 12.0. The standard InChI is InChI=1S/C14H20OS/c1-14(2,3)16-11-7-10-13(15)12-8-5-4-6-9-12/h4-6,8-9H,7,10-11H2,1-3H3. The Kier molecular flexibility index (Phi) is 5.07. The van der Waals surface area contributed by atoms with Crippen molar-refractivity contribution in [2.45, 2.75) is 38.4 Å². The van der Waals surface area contributed by atoms with E-state index in [-0.39, 0.29) is 5.78 Å². The summed E-state index contributed by atoms with van der Waals surface area (Å²) >= 11 is 1.92. The quantitative estimate of drug-likeness (QED) is 0.563. The van der Waals surface area contributed by atoms with Crippen LogP contribution in [0.3, 0.4) is 0 Å². The summed E-state index contributed by atoms with van der Waals surface area (Å²) in [5.74, 6) is 1.32. The Morgan fingerprint density at radius 2 is 1.81 bits per heavy atom. The maximum absolute atomic E-state index is 11.8. The third-order valence-corrected chi connectivity index (χ3v) is 3.54. The fourth-order valence-corrected chi connectivity index (χ4v) is 2.28. The van der Waals surface area contributed by atoms with Crippen molar-refractivity contribution in [3.05, 3.63) is 35.9 Å². The van der Waals surface area contributed by atoms with Gasteiger partial charge in [-0.1, -0.05) is 51.1 Å². The minimum Gasteiger partial charge on any atom is -0.294 e. The van der Waals surface area contributed by atoms with E-state index in [1.807, 2.05) is 42.1 Å². The van der Waals surface area contributed by atoms with Gasteiger partial charge in [0.1, 0.15) is 0 Å². The highest BCUT2D eigenvalue weighted by Crippen LogP contribution is 2.24. The maximum Gasteiger partial charge on any atom is 0.162 e. The first-order valence-corrected chi connectivity index (χ1v) is 6.70. The number of hydrogen-bond donors (Lipinski definition) is 0. The van der Waals surface area contributed by atoms with E-state index in [0.29, 0.717) is 11.2 Å². The average molecular weight is 236 g/mol. The first-order chi connectivity index (χ1) is 7.49. The zero-order valence-electron chi connectivity index (χ0n) is 10.3. The topological polar surface area (TPSA) is 17.1 Å². The summed E-state index contributed by atoms with van der Waals surface area (Å²) in [6.45, 7) is 6.62. The number of carbonyl (C=O) groups is 1. The smallest absolute Gasteiger partial charge is 0.162 e. The van der Waals surface area contributed by atoms with E-state index in [2.05, 4.69) is 20.8 Å². The van der Waals surface area contributed by atoms with Crippen LogP contribution in [-0.4, -0.2) is 16.3 Å². The number of hydrogen-bond acceptors (Lipinski definition) is 2. The van der Waals surface area contributed by atoms with E-state index >= 15 is 0 Å². The molecule has 16 heavy (non-hydrogen) atoms. The molecule has 0 amide bonds. The number of rotatable bonds is 5. The van der Waals surface area contributed by atoms with Crippen LogP contribution in [0.2, 0.25) is 0 Å². The Bertz CT molecular complexity index is 324. The summed E-state index contributed by atoms with van der Waals surface area (Å²) in [6.07, 6.45) is 1.63. The lowest BCUT2D eigenvalue weighted by atomic mass is 10.1. The molecule has 0 N–H and O–H groups in total. The Labute approximate surface area is 103 Å². The van der Waals surface area contributed by atoms with Gasteiger partial charge in [-0.15, -0.1) is 0 Å². The van der Waals surface area contributed by atoms with E-state index in [1.54, 1.807) is 0 Å². The molecule has 0 bridgehead atoms. The maximum atomic E-state index is 11.8. The molecule has 0 heterocycles. The van der Waals surface area contributed by atoms with Gasteiger partial charge in [0.15, 0.2) is 5.78 Å². The lowest BCUT2D eigenvalue weighted by molar-refractivity contribution is 0.0982. The molecule has 0 saturated carbocycles. The van der Waals surface area contributed by atoms with Gasteiger partial charge in [-0.3, -0.25) is 4.79 Å². The molecule has 0 aliphatic heterocycles. The molecule has 0 radical (unpaired) electrons. The number of ketones is 1. The highest BCUT2D eigenvalue weighted by atomic mass is 32.2. The van der Waals surface area contributed by atoms with Crippen molar-refractivity contribution in [3.63, 3.8) is 0 Å². The van der Waals surface area contributed by atoms with Gasteiger partial charge in [-0.05, 0) is 12.2 Å². The van der Waals surface area contributed by atoms with Crippen molar-refractivity contribution in [1.29, 1.82) is 0 Å². The van der Waals surface area contributed by atoms with E-state index < -0.39 is 0 Å². The summed E-state index contributed by atoms with van der Waals surface area (Å²) < 4.78 is 0.301. The van der Waals surface area contributed by atoms with E-state index in [1.165, 1.54) is 0 Å². The number of carbonyl (C=O) groups excluding carboxylic acids is 1. The molecule has 0 spiro atoms. The first kappa shape index (κ1) is 13.3. The van der Waals surface area contributed by atoms with Gasteiger partial charge in [0.2, 0.25) is 0 Å². The molecule has 2 heteroatoms. The molecular formula is C14H20OS. The van der Waals surface area contributed by atoms with Gasteiger partial charge in [0, 0.05) is 16.7 Å². The lowest BCUT2D eigenvalue weighted by Crippen LogP contribution is -2.09. The molecule has 1 aromatic carbocycles. The predicted molar refractivity (Wildman–Crippen MR) is 72.2 cm³/mol. The van der Waals surface area contributed by atoms with Crippen LogP contribution in [0.5, 0.6) is 0 Å².